The van der Waals surface area contributed by atoms with Gasteiger partial charge in [0.25, 0.3) is 0 Å². The molecule has 2 aliphatic rings. The van der Waals surface area contributed by atoms with Crippen molar-refractivity contribution in [3.8, 4) is 0 Å². The summed E-state index contributed by atoms with van der Waals surface area (Å²) in [5.74, 6) is 2.70. The average Bonchev–Trinajstić information content (AvgIpc) is 2.40. The van der Waals surface area contributed by atoms with Crippen LogP contribution >= 0.6 is 24.0 Å². The first kappa shape index (κ1) is 13.4. The van der Waals surface area contributed by atoms with Crippen molar-refractivity contribution in [1.82, 2.24) is 15.1 Å². The van der Waals surface area contributed by atoms with Crippen LogP contribution in [0.5, 0.6) is 0 Å². The third kappa shape index (κ3) is 3.73. The summed E-state index contributed by atoms with van der Waals surface area (Å²) in [6.45, 7) is 7.58. The number of thiocarbonyl (C=S) groups is 1. The van der Waals surface area contributed by atoms with Crippen molar-refractivity contribution < 1.29 is 0 Å². The highest BCUT2D eigenvalue weighted by Crippen LogP contribution is 2.22. The molecule has 17 heavy (non-hydrogen) atoms. The summed E-state index contributed by atoms with van der Waals surface area (Å²) in [5.41, 5.74) is 0. The van der Waals surface area contributed by atoms with Crippen LogP contribution in [-0.2, 0) is 0 Å². The van der Waals surface area contributed by atoms with Gasteiger partial charge in [-0.2, -0.15) is 11.8 Å². The molecule has 0 saturated carbocycles. The second kappa shape index (κ2) is 6.81. The Balaban J connectivity index is 1.75. The van der Waals surface area contributed by atoms with Gasteiger partial charge in [0, 0.05) is 38.8 Å². The molecule has 3 nitrogen and oxygen atoms in total. The molecule has 2 fully saturated rings. The van der Waals surface area contributed by atoms with Gasteiger partial charge in [0.05, 0.1) is 0 Å². The zero-order chi connectivity index (χ0) is 12.1. The smallest absolute Gasteiger partial charge is 0.169 e. The Morgan fingerprint density at radius 3 is 2.47 bits per heavy atom. The summed E-state index contributed by atoms with van der Waals surface area (Å²) in [4.78, 5) is 4.98. The fourth-order valence-electron chi connectivity index (χ4n) is 2.60. The van der Waals surface area contributed by atoms with E-state index in [1.54, 1.807) is 0 Å². The van der Waals surface area contributed by atoms with Gasteiger partial charge in [-0.25, -0.2) is 0 Å². The van der Waals surface area contributed by atoms with Crippen LogP contribution in [0, 0.1) is 0 Å². The Morgan fingerprint density at radius 1 is 1.24 bits per heavy atom. The molecule has 0 atom stereocenters. The normalized spacial score (nSPS) is 23.7. The lowest BCUT2D eigenvalue weighted by Crippen LogP contribution is -2.54. The van der Waals surface area contributed by atoms with Crippen molar-refractivity contribution in [3.63, 3.8) is 0 Å². The maximum atomic E-state index is 5.36. The van der Waals surface area contributed by atoms with Crippen LogP contribution < -0.4 is 5.32 Å². The molecule has 0 amide bonds. The van der Waals surface area contributed by atoms with Crippen molar-refractivity contribution in [2.45, 2.75) is 25.8 Å². The van der Waals surface area contributed by atoms with Crippen molar-refractivity contribution in [2.75, 3.05) is 44.2 Å². The van der Waals surface area contributed by atoms with E-state index in [1.807, 2.05) is 0 Å². The molecule has 0 aromatic rings. The first-order valence-corrected chi connectivity index (χ1v) is 8.22. The monoisotopic (exact) mass is 273 g/mol. The minimum Gasteiger partial charge on any atom is -0.363 e. The first-order chi connectivity index (χ1) is 8.31. The lowest BCUT2D eigenvalue weighted by Gasteiger charge is -2.41. The van der Waals surface area contributed by atoms with E-state index < -0.39 is 0 Å². The Bertz CT molecular complexity index is 246. The second-order valence-corrected chi connectivity index (χ2v) is 6.31. The summed E-state index contributed by atoms with van der Waals surface area (Å²) in [6.07, 6.45) is 2.75. The molecule has 0 aliphatic carbocycles. The summed E-state index contributed by atoms with van der Waals surface area (Å²) in [6, 6.07) is 0.839. The summed E-state index contributed by atoms with van der Waals surface area (Å²) >= 11 is 7.47. The number of piperazine rings is 1. The lowest BCUT2D eigenvalue weighted by atomic mass is 10.1. The van der Waals surface area contributed by atoms with E-state index in [0.717, 1.165) is 30.8 Å². The van der Waals surface area contributed by atoms with Crippen molar-refractivity contribution >= 4 is 29.1 Å². The zero-order valence-electron chi connectivity index (χ0n) is 10.7. The van der Waals surface area contributed by atoms with Crippen LogP contribution in [0.4, 0.5) is 0 Å². The van der Waals surface area contributed by atoms with Gasteiger partial charge >= 0.3 is 0 Å². The van der Waals surface area contributed by atoms with Crippen molar-refractivity contribution in [3.05, 3.63) is 0 Å². The van der Waals surface area contributed by atoms with E-state index in [0.29, 0.717) is 0 Å². The molecule has 2 saturated heterocycles. The van der Waals surface area contributed by atoms with Crippen LogP contribution in [0.15, 0.2) is 0 Å². The van der Waals surface area contributed by atoms with Gasteiger partial charge in [-0.3, -0.25) is 4.90 Å². The van der Waals surface area contributed by atoms with Gasteiger partial charge in [0.2, 0.25) is 0 Å². The van der Waals surface area contributed by atoms with Gasteiger partial charge in [-0.1, -0.05) is 0 Å². The van der Waals surface area contributed by atoms with Gasteiger partial charge in [0.15, 0.2) is 5.11 Å². The third-order valence-corrected chi connectivity index (χ3v) is 5.09. The highest BCUT2D eigenvalue weighted by Gasteiger charge is 2.25. The number of nitrogens with one attached hydrogen (secondary N) is 1. The van der Waals surface area contributed by atoms with E-state index >= 15 is 0 Å². The number of hydrogen-bond acceptors (Lipinski definition) is 3. The molecule has 0 aromatic heterocycles. The predicted molar refractivity (Wildman–Crippen MR) is 79.8 cm³/mol. The van der Waals surface area contributed by atoms with Crippen LogP contribution in [0.1, 0.15) is 19.8 Å². The van der Waals surface area contributed by atoms with E-state index in [1.165, 1.54) is 37.4 Å². The molecule has 0 unspecified atom stereocenters. The highest BCUT2D eigenvalue weighted by atomic mass is 32.2. The molecule has 5 heteroatoms. The van der Waals surface area contributed by atoms with Crippen molar-refractivity contribution in [1.29, 1.82) is 0 Å². The van der Waals surface area contributed by atoms with E-state index in [-0.39, 0.29) is 0 Å². The predicted octanol–water partition coefficient (Wildman–Crippen LogP) is 1.39. The topological polar surface area (TPSA) is 18.5 Å². The van der Waals surface area contributed by atoms with Gasteiger partial charge in [0.1, 0.15) is 0 Å². The Labute approximate surface area is 114 Å². The van der Waals surface area contributed by atoms with Gasteiger partial charge in [-0.05, 0) is 43.5 Å². The quantitative estimate of drug-likeness (QED) is 0.764. The highest BCUT2D eigenvalue weighted by molar-refractivity contribution is 7.99. The third-order valence-electron chi connectivity index (χ3n) is 3.64. The minimum absolute atomic E-state index is 0.839. The summed E-state index contributed by atoms with van der Waals surface area (Å²) in [7, 11) is 0. The number of rotatable bonds is 2. The largest absolute Gasteiger partial charge is 0.363 e. The molecule has 0 spiro atoms. The van der Waals surface area contributed by atoms with E-state index in [9.17, 15) is 0 Å². The first-order valence-electron chi connectivity index (χ1n) is 6.66. The summed E-state index contributed by atoms with van der Waals surface area (Å²) < 4.78 is 0. The molecule has 1 N–H and O–H groups in total. The van der Waals surface area contributed by atoms with E-state index in [4.69, 9.17) is 12.2 Å². The second-order valence-electron chi connectivity index (χ2n) is 4.70. The Hall–Kier alpha value is -0.0000000000000000555. The maximum Gasteiger partial charge on any atom is 0.169 e. The lowest BCUT2D eigenvalue weighted by molar-refractivity contribution is 0.125. The Morgan fingerprint density at radius 2 is 1.88 bits per heavy atom. The Kier molecular flexibility index (Phi) is 5.38. The fourth-order valence-corrected chi connectivity index (χ4v) is 4.01. The molecular weight excluding hydrogens is 250 g/mol. The molecule has 2 rings (SSSR count). The number of nitrogens with zero attached hydrogens (tertiary/aromatic N) is 2. The SMILES string of the molecule is CCNC(=S)N1CCN(C2CCSCC2)CC1. The molecule has 98 valence electrons. The standard InChI is InChI=1S/C12H23N3S2/c1-2-13-12(16)15-7-5-14(6-8-15)11-3-9-17-10-4-11/h11H,2-10H2,1H3,(H,13,16). The fraction of sp³-hybridized carbons (Fsp3) is 0.917. The van der Waals surface area contributed by atoms with Crippen LogP contribution in [0.2, 0.25) is 0 Å². The number of thioether (sulfide) groups is 1. The van der Waals surface area contributed by atoms with Gasteiger partial charge < -0.3 is 10.2 Å². The molecule has 2 aliphatic heterocycles. The zero-order valence-corrected chi connectivity index (χ0v) is 12.3. The van der Waals surface area contributed by atoms with Crippen LogP contribution in [0.3, 0.4) is 0 Å². The average molecular weight is 273 g/mol. The van der Waals surface area contributed by atoms with Crippen LogP contribution in [0.25, 0.3) is 0 Å². The molecule has 2 heterocycles. The maximum absolute atomic E-state index is 5.36. The summed E-state index contributed by atoms with van der Waals surface area (Å²) in [5, 5.41) is 4.18. The molecular formula is C12H23N3S2. The molecule has 0 radical (unpaired) electrons. The minimum atomic E-state index is 0.839. The molecule has 0 bridgehead atoms. The van der Waals surface area contributed by atoms with Crippen molar-refractivity contribution in [2.24, 2.45) is 0 Å². The van der Waals surface area contributed by atoms with E-state index in [2.05, 4.69) is 33.8 Å². The van der Waals surface area contributed by atoms with Crippen LogP contribution in [-0.4, -0.2) is 65.2 Å². The molecule has 0 aromatic carbocycles. The van der Waals surface area contributed by atoms with Gasteiger partial charge in [-0.15, -0.1) is 0 Å². The number of hydrogen-bond donors (Lipinski definition) is 1.